The highest BCUT2D eigenvalue weighted by molar-refractivity contribution is 6.73. The summed E-state index contributed by atoms with van der Waals surface area (Å²) in [6, 6.07) is 3.73. The Bertz CT molecular complexity index is 155. The zero-order valence-electron chi connectivity index (χ0n) is 10.6. The molecule has 15 heavy (non-hydrogen) atoms. The zero-order valence-corrected chi connectivity index (χ0v) is 11.6. The predicted octanol–water partition coefficient (Wildman–Crippen LogP) is 3.58. The van der Waals surface area contributed by atoms with Crippen molar-refractivity contribution in [1.29, 1.82) is 0 Å². The van der Waals surface area contributed by atoms with Gasteiger partial charge in [-0.3, -0.25) is 0 Å². The van der Waals surface area contributed by atoms with E-state index in [2.05, 4.69) is 20.8 Å². The highest BCUT2D eigenvalue weighted by Gasteiger charge is 2.30. The SMILES string of the molecule is CC[Si](CC)(CC)OCC1CCCCO1. The van der Waals surface area contributed by atoms with E-state index in [1.165, 1.54) is 37.4 Å². The molecule has 1 aliphatic heterocycles. The molecule has 0 amide bonds. The van der Waals surface area contributed by atoms with Crippen molar-refractivity contribution in [2.75, 3.05) is 13.2 Å². The number of ether oxygens (including phenoxy) is 1. The summed E-state index contributed by atoms with van der Waals surface area (Å²) in [7, 11) is -1.38. The molecule has 1 atom stereocenters. The lowest BCUT2D eigenvalue weighted by Gasteiger charge is -2.31. The average molecular weight is 230 g/mol. The maximum atomic E-state index is 6.23. The maximum absolute atomic E-state index is 6.23. The summed E-state index contributed by atoms with van der Waals surface area (Å²) in [6.07, 6.45) is 4.12. The molecule has 0 aromatic rings. The summed E-state index contributed by atoms with van der Waals surface area (Å²) < 4.78 is 11.9. The number of rotatable bonds is 6. The van der Waals surface area contributed by atoms with Gasteiger partial charge in [0, 0.05) is 6.61 Å². The molecule has 0 bridgehead atoms. The van der Waals surface area contributed by atoms with Crippen molar-refractivity contribution >= 4 is 8.32 Å². The normalized spacial score (nSPS) is 23.0. The molecule has 1 aliphatic rings. The molecule has 2 nitrogen and oxygen atoms in total. The average Bonchev–Trinajstić information content (AvgIpc) is 2.33. The molecular formula is C12H26O2Si. The molecule has 0 spiro atoms. The van der Waals surface area contributed by atoms with Crippen molar-refractivity contribution in [2.24, 2.45) is 0 Å². The Morgan fingerprint density at radius 3 is 2.27 bits per heavy atom. The first-order valence-corrected chi connectivity index (χ1v) is 9.05. The van der Waals surface area contributed by atoms with Crippen LogP contribution in [0.25, 0.3) is 0 Å². The molecule has 0 radical (unpaired) electrons. The van der Waals surface area contributed by atoms with Gasteiger partial charge in [-0.05, 0) is 37.4 Å². The van der Waals surface area contributed by atoms with E-state index in [1.807, 2.05) is 0 Å². The van der Waals surface area contributed by atoms with E-state index in [-0.39, 0.29) is 0 Å². The van der Waals surface area contributed by atoms with Gasteiger partial charge in [0.15, 0.2) is 8.32 Å². The Morgan fingerprint density at radius 2 is 1.80 bits per heavy atom. The zero-order chi connectivity index (χ0) is 11.1. The summed E-state index contributed by atoms with van der Waals surface area (Å²) in [5.74, 6) is 0. The second-order valence-electron chi connectivity index (χ2n) is 4.54. The molecule has 0 aromatic heterocycles. The van der Waals surface area contributed by atoms with Crippen molar-refractivity contribution < 1.29 is 9.16 Å². The minimum absolute atomic E-state index is 0.385. The Morgan fingerprint density at radius 1 is 1.13 bits per heavy atom. The summed E-state index contributed by atoms with van der Waals surface area (Å²) in [6.45, 7) is 8.62. The van der Waals surface area contributed by atoms with Crippen LogP contribution >= 0.6 is 0 Å². The fourth-order valence-electron chi connectivity index (χ4n) is 2.26. The van der Waals surface area contributed by atoms with Gasteiger partial charge in [0.05, 0.1) is 12.7 Å². The maximum Gasteiger partial charge on any atom is 0.192 e. The van der Waals surface area contributed by atoms with Gasteiger partial charge in [-0.15, -0.1) is 0 Å². The Kier molecular flexibility index (Phi) is 5.86. The van der Waals surface area contributed by atoms with Crippen LogP contribution in [0.2, 0.25) is 18.1 Å². The van der Waals surface area contributed by atoms with Crippen LogP contribution in [0.4, 0.5) is 0 Å². The van der Waals surface area contributed by atoms with Crippen LogP contribution in [-0.2, 0) is 9.16 Å². The largest absolute Gasteiger partial charge is 0.414 e. The van der Waals surface area contributed by atoms with Gasteiger partial charge in [0.2, 0.25) is 0 Å². The van der Waals surface area contributed by atoms with Crippen LogP contribution in [-0.4, -0.2) is 27.6 Å². The van der Waals surface area contributed by atoms with Crippen LogP contribution < -0.4 is 0 Å². The van der Waals surface area contributed by atoms with Crippen molar-refractivity contribution in [3.8, 4) is 0 Å². The number of hydrogen-bond donors (Lipinski definition) is 0. The van der Waals surface area contributed by atoms with E-state index in [0.717, 1.165) is 13.2 Å². The second kappa shape index (κ2) is 6.66. The molecular weight excluding hydrogens is 204 g/mol. The fourth-order valence-corrected chi connectivity index (χ4v) is 4.92. The van der Waals surface area contributed by atoms with E-state index in [0.29, 0.717) is 6.10 Å². The van der Waals surface area contributed by atoms with Crippen LogP contribution in [0.1, 0.15) is 40.0 Å². The summed E-state index contributed by atoms with van der Waals surface area (Å²) >= 11 is 0. The van der Waals surface area contributed by atoms with Gasteiger partial charge >= 0.3 is 0 Å². The molecule has 90 valence electrons. The molecule has 1 fully saturated rings. The predicted molar refractivity (Wildman–Crippen MR) is 66.7 cm³/mol. The first-order valence-electron chi connectivity index (χ1n) is 6.52. The van der Waals surface area contributed by atoms with Crippen LogP contribution in [0.5, 0.6) is 0 Å². The highest BCUT2D eigenvalue weighted by atomic mass is 28.4. The van der Waals surface area contributed by atoms with E-state index in [9.17, 15) is 0 Å². The Balaban J connectivity index is 2.31. The minimum atomic E-state index is -1.38. The molecule has 0 aromatic carbocycles. The monoisotopic (exact) mass is 230 g/mol. The first-order chi connectivity index (χ1) is 7.26. The third kappa shape index (κ3) is 3.89. The topological polar surface area (TPSA) is 18.5 Å². The van der Waals surface area contributed by atoms with Crippen molar-refractivity contribution in [2.45, 2.75) is 64.3 Å². The van der Waals surface area contributed by atoms with Crippen molar-refractivity contribution in [3.05, 3.63) is 0 Å². The summed E-state index contributed by atoms with van der Waals surface area (Å²) in [5.41, 5.74) is 0. The van der Waals surface area contributed by atoms with Gasteiger partial charge in [-0.2, -0.15) is 0 Å². The van der Waals surface area contributed by atoms with Gasteiger partial charge in [-0.1, -0.05) is 20.8 Å². The van der Waals surface area contributed by atoms with Crippen LogP contribution in [0, 0.1) is 0 Å². The molecule has 0 aliphatic carbocycles. The number of hydrogen-bond acceptors (Lipinski definition) is 2. The molecule has 0 N–H and O–H groups in total. The van der Waals surface area contributed by atoms with Crippen LogP contribution in [0.3, 0.4) is 0 Å². The Hall–Kier alpha value is 0.137. The van der Waals surface area contributed by atoms with Crippen molar-refractivity contribution in [3.63, 3.8) is 0 Å². The first kappa shape index (κ1) is 13.2. The lowest BCUT2D eigenvalue weighted by Crippen LogP contribution is -2.39. The van der Waals surface area contributed by atoms with E-state index in [1.54, 1.807) is 0 Å². The third-order valence-electron chi connectivity index (χ3n) is 3.78. The van der Waals surface area contributed by atoms with Gasteiger partial charge in [-0.25, -0.2) is 0 Å². The molecule has 1 heterocycles. The molecule has 0 saturated carbocycles. The van der Waals surface area contributed by atoms with Gasteiger partial charge in [0.25, 0.3) is 0 Å². The van der Waals surface area contributed by atoms with Crippen molar-refractivity contribution in [1.82, 2.24) is 0 Å². The van der Waals surface area contributed by atoms with E-state index >= 15 is 0 Å². The molecule has 1 unspecified atom stereocenters. The van der Waals surface area contributed by atoms with Gasteiger partial charge in [0.1, 0.15) is 0 Å². The highest BCUT2D eigenvalue weighted by Crippen LogP contribution is 2.23. The third-order valence-corrected chi connectivity index (χ3v) is 8.43. The quantitative estimate of drug-likeness (QED) is 0.649. The lowest BCUT2D eigenvalue weighted by atomic mass is 10.1. The molecule has 1 saturated heterocycles. The standard InChI is InChI=1S/C12H26O2Si/c1-4-15(5-2,6-3)14-11-12-9-7-8-10-13-12/h12H,4-11H2,1-3H3. The molecule has 1 rings (SSSR count). The van der Waals surface area contributed by atoms with Gasteiger partial charge < -0.3 is 9.16 Å². The van der Waals surface area contributed by atoms with E-state index < -0.39 is 8.32 Å². The summed E-state index contributed by atoms with van der Waals surface area (Å²) in [5, 5.41) is 0. The summed E-state index contributed by atoms with van der Waals surface area (Å²) in [4.78, 5) is 0. The van der Waals surface area contributed by atoms with E-state index in [4.69, 9.17) is 9.16 Å². The molecule has 3 heteroatoms. The second-order valence-corrected chi connectivity index (χ2v) is 9.32. The van der Waals surface area contributed by atoms with Crippen LogP contribution in [0.15, 0.2) is 0 Å². The minimum Gasteiger partial charge on any atom is -0.414 e. The lowest BCUT2D eigenvalue weighted by molar-refractivity contribution is -0.0136. The smallest absolute Gasteiger partial charge is 0.192 e. The fraction of sp³-hybridized carbons (Fsp3) is 1.00. The Labute approximate surface area is 95.5 Å².